The number of methoxy groups -OCH3 is 1. The van der Waals surface area contributed by atoms with Crippen molar-refractivity contribution in [1.29, 1.82) is 0 Å². The van der Waals surface area contributed by atoms with Crippen LogP contribution < -0.4 is 4.74 Å². The Bertz CT molecular complexity index is 751. The largest absolute Gasteiger partial charge is 0.497 e. The molecule has 0 bridgehead atoms. The minimum Gasteiger partial charge on any atom is -0.497 e. The van der Waals surface area contributed by atoms with Crippen molar-refractivity contribution in [1.82, 2.24) is 15.1 Å². The van der Waals surface area contributed by atoms with E-state index in [-0.39, 0.29) is 24.1 Å². The summed E-state index contributed by atoms with van der Waals surface area (Å²) in [7, 11) is 1.56. The summed E-state index contributed by atoms with van der Waals surface area (Å²) in [5, 5.41) is 6.59. The van der Waals surface area contributed by atoms with Crippen molar-refractivity contribution < 1.29 is 27.1 Å². The van der Waals surface area contributed by atoms with Gasteiger partial charge in [0.1, 0.15) is 5.75 Å². The molecule has 0 atom stereocenters. The Hall–Kier alpha value is -2.42. The number of Topliss-reactive ketones (excluding diaryl/α,β-unsaturated/α-hetero) is 1. The predicted octanol–water partition coefficient (Wildman–Crippen LogP) is 3.16. The summed E-state index contributed by atoms with van der Waals surface area (Å²) in [5.74, 6) is -0.850. The molecule has 0 unspecified atom stereocenters. The summed E-state index contributed by atoms with van der Waals surface area (Å²) in [4.78, 5) is 14.3. The van der Waals surface area contributed by atoms with Crippen LogP contribution in [0.2, 0.25) is 0 Å². The molecule has 6 nitrogen and oxygen atoms in total. The number of hydrogen-bond acceptors (Lipinski definition) is 6. The molecule has 0 N–H and O–H groups in total. The lowest BCUT2D eigenvalue weighted by Crippen LogP contribution is -2.36. The molecule has 140 valence electrons. The van der Waals surface area contributed by atoms with Crippen LogP contribution in [0.5, 0.6) is 5.75 Å². The number of nitrogens with zero attached hydrogens (tertiary/aromatic N) is 3. The molecule has 1 aromatic heterocycles. The second kappa shape index (κ2) is 7.45. The predicted molar refractivity (Wildman–Crippen MR) is 85.0 cm³/mol. The van der Waals surface area contributed by atoms with Gasteiger partial charge in [-0.3, -0.25) is 9.69 Å². The van der Waals surface area contributed by atoms with E-state index in [1.54, 1.807) is 31.4 Å². The number of carbonyl (C=O) groups is 1. The van der Waals surface area contributed by atoms with Gasteiger partial charge in [0.2, 0.25) is 5.89 Å². The smallest absolute Gasteiger partial charge is 0.470 e. The molecule has 1 saturated heterocycles. The number of halogens is 3. The molecule has 1 aliphatic heterocycles. The number of rotatable bonds is 5. The molecule has 1 aliphatic rings. The van der Waals surface area contributed by atoms with Crippen LogP contribution in [0.1, 0.15) is 40.9 Å². The number of hydrogen-bond donors (Lipinski definition) is 0. The first-order valence-electron chi connectivity index (χ1n) is 8.17. The number of aromatic nitrogens is 2. The van der Waals surface area contributed by atoms with E-state index in [1.165, 1.54) is 0 Å². The van der Waals surface area contributed by atoms with Crippen molar-refractivity contribution in [3.8, 4) is 5.75 Å². The fourth-order valence-corrected chi connectivity index (χ4v) is 2.92. The molecule has 1 aromatic carbocycles. The Labute approximate surface area is 148 Å². The van der Waals surface area contributed by atoms with Crippen LogP contribution in [0, 0.1) is 0 Å². The van der Waals surface area contributed by atoms with Crippen molar-refractivity contribution in [2.45, 2.75) is 24.9 Å². The minimum absolute atomic E-state index is 0.0109. The topological polar surface area (TPSA) is 68.5 Å². The van der Waals surface area contributed by atoms with Gasteiger partial charge in [0.05, 0.1) is 13.7 Å². The molecule has 0 amide bonds. The van der Waals surface area contributed by atoms with Crippen molar-refractivity contribution in [3.05, 3.63) is 41.6 Å². The maximum atomic E-state index is 12.5. The van der Waals surface area contributed by atoms with Gasteiger partial charge in [-0.1, -0.05) is 0 Å². The number of ketones is 1. The van der Waals surface area contributed by atoms with Gasteiger partial charge in [0, 0.05) is 11.5 Å². The normalized spacial score (nSPS) is 16.6. The molecule has 1 fully saturated rings. The van der Waals surface area contributed by atoms with Crippen LogP contribution in [0.3, 0.4) is 0 Å². The Morgan fingerprint density at radius 1 is 1.23 bits per heavy atom. The zero-order valence-corrected chi connectivity index (χ0v) is 14.1. The molecule has 26 heavy (non-hydrogen) atoms. The first-order chi connectivity index (χ1) is 12.4. The number of carbonyl (C=O) groups excluding carboxylic acids is 1. The minimum atomic E-state index is -4.63. The third-order valence-electron chi connectivity index (χ3n) is 4.40. The molecule has 0 radical (unpaired) electrons. The number of benzene rings is 1. The van der Waals surface area contributed by atoms with Crippen LogP contribution in [-0.2, 0) is 6.18 Å². The van der Waals surface area contributed by atoms with Gasteiger partial charge in [-0.05, 0) is 50.2 Å². The summed E-state index contributed by atoms with van der Waals surface area (Å²) < 4.78 is 47.4. The fourth-order valence-electron chi connectivity index (χ4n) is 2.92. The lowest BCUT2D eigenvalue weighted by molar-refractivity contribution is -0.157. The average molecular weight is 369 g/mol. The average Bonchev–Trinajstić information content (AvgIpc) is 3.13. The molecule has 0 aliphatic carbocycles. The highest BCUT2D eigenvalue weighted by Crippen LogP contribution is 2.32. The van der Waals surface area contributed by atoms with E-state index in [1.807, 2.05) is 4.90 Å². The van der Waals surface area contributed by atoms with Gasteiger partial charge in [0.15, 0.2) is 5.78 Å². The third-order valence-corrected chi connectivity index (χ3v) is 4.40. The summed E-state index contributed by atoms with van der Waals surface area (Å²) in [6.07, 6.45) is -3.50. The van der Waals surface area contributed by atoms with E-state index in [2.05, 4.69) is 10.2 Å². The van der Waals surface area contributed by atoms with Gasteiger partial charge in [-0.15, -0.1) is 10.2 Å². The lowest BCUT2D eigenvalue weighted by atomic mass is 9.96. The summed E-state index contributed by atoms with van der Waals surface area (Å²) in [6, 6.07) is 6.89. The van der Waals surface area contributed by atoms with Crippen molar-refractivity contribution in [2.75, 3.05) is 26.7 Å². The highest BCUT2D eigenvalue weighted by Gasteiger charge is 2.39. The molecule has 9 heteroatoms. The van der Waals surface area contributed by atoms with E-state index in [0.717, 1.165) is 0 Å². The number of piperidine rings is 1. The van der Waals surface area contributed by atoms with Gasteiger partial charge in [0.25, 0.3) is 0 Å². The Morgan fingerprint density at radius 3 is 2.42 bits per heavy atom. The standard InChI is InChI=1S/C17H18F3N3O3/c1-25-13-4-2-11(3-5-13)14(24)10-23-8-6-12(7-9-23)15-21-22-16(26-15)17(18,19)20/h2-5,12H,6-10H2,1H3. The SMILES string of the molecule is COc1ccc(C(=O)CN2CCC(c3nnc(C(F)(F)F)o3)CC2)cc1. The van der Waals surface area contributed by atoms with Crippen LogP contribution in [0.25, 0.3) is 0 Å². The third kappa shape index (κ3) is 4.21. The van der Waals surface area contributed by atoms with Crippen molar-refractivity contribution in [3.63, 3.8) is 0 Å². The highest BCUT2D eigenvalue weighted by molar-refractivity contribution is 5.97. The second-order valence-corrected chi connectivity index (χ2v) is 6.15. The van der Waals surface area contributed by atoms with Gasteiger partial charge in [-0.2, -0.15) is 13.2 Å². The Balaban J connectivity index is 1.53. The maximum Gasteiger partial charge on any atom is 0.470 e. The number of likely N-dealkylation sites (tertiary alicyclic amines) is 1. The van der Waals surface area contributed by atoms with Gasteiger partial charge < -0.3 is 9.15 Å². The fraction of sp³-hybridized carbons (Fsp3) is 0.471. The van der Waals surface area contributed by atoms with Crippen molar-refractivity contribution in [2.24, 2.45) is 0 Å². The molecule has 0 saturated carbocycles. The zero-order chi connectivity index (χ0) is 18.7. The van der Waals surface area contributed by atoms with E-state index in [9.17, 15) is 18.0 Å². The number of alkyl halides is 3. The first kappa shape index (κ1) is 18.4. The summed E-state index contributed by atoms with van der Waals surface area (Å²) >= 11 is 0. The monoisotopic (exact) mass is 369 g/mol. The molecule has 2 heterocycles. The van der Waals surface area contributed by atoms with E-state index < -0.39 is 12.1 Å². The zero-order valence-electron chi connectivity index (χ0n) is 14.1. The van der Waals surface area contributed by atoms with Gasteiger partial charge in [-0.25, -0.2) is 0 Å². The van der Waals surface area contributed by atoms with E-state index in [4.69, 9.17) is 9.15 Å². The maximum absolute atomic E-state index is 12.5. The molecule has 0 spiro atoms. The highest BCUT2D eigenvalue weighted by atomic mass is 19.4. The lowest BCUT2D eigenvalue weighted by Gasteiger charge is -2.29. The molecular weight excluding hydrogens is 351 g/mol. The first-order valence-corrected chi connectivity index (χ1v) is 8.17. The Morgan fingerprint density at radius 2 is 1.88 bits per heavy atom. The summed E-state index contributed by atoms with van der Waals surface area (Å²) in [6.45, 7) is 1.42. The molecular formula is C17H18F3N3O3. The quantitative estimate of drug-likeness (QED) is 0.754. The van der Waals surface area contributed by atoms with Crippen LogP contribution in [0.15, 0.2) is 28.7 Å². The summed E-state index contributed by atoms with van der Waals surface area (Å²) in [5.41, 5.74) is 0.597. The van der Waals surface area contributed by atoms with Crippen LogP contribution >= 0.6 is 0 Å². The van der Waals surface area contributed by atoms with Gasteiger partial charge >= 0.3 is 12.1 Å². The van der Waals surface area contributed by atoms with E-state index >= 15 is 0 Å². The second-order valence-electron chi connectivity index (χ2n) is 6.15. The van der Waals surface area contributed by atoms with Crippen molar-refractivity contribution >= 4 is 5.78 Å². The Kier molecular flexibility index (Phi) is 5.26. The molecule has 2 aromatic rings. The van der Waals surface area contributed by atoms with E-state index in [0.29, 0.717) is 37.2 Å². The number of ether oxygens (including phenoxy) is 1. The van der Waals surface area contributed by atoms with Crippen LogP contribution in [-0.4, -0.2) is 47.6 Å². The molecule has 3 rings (SSSR count). The van der Waals surface area contributed by atoms with Crippen LogP contribution in [0.4, 0.5) is 13.2 Å².